The first kappa shape index (κ1) is 12.4. The number of hydrogen-bond acceptors (Lipinski definition) is 4. The predicted molar refractivity (Wildman–Crippen MR) is 50.4 cm³/mol. The summed E-state index contributed by atoms with van der Waals surface area (Å²) in [5, 5.41) is 12.1. The Balaban J connectivity index is 3.83. The van der Waals surface area contributed by atoms with Crippen LogP contribution in [0.25, 0.3) is 0 Å². The fourth-order valence-electron chi connectivity index (χ4n) is 0.769. The lowest BCUT2D eigenvalue weighted by Gasteiger charge is -2.21. The Labute approximate surface area is 79.3 Å². The molecule has 0 aromatic heterocycles. The Bertz CT molecular complexity index is 163. The molecule has 78 valence electrons. The van der Waals surface area contributed by atoms with E-state index in [1.165, 1.54) is 0 Å². The molecule has 13 heavy (non-hydrogen) atoms. The quantitative estimate of drug-likeness (QED) is 0.624. The number of nitrogens with one attached hydrogen (secondary N) is 1. The smallest absolute Gasteiger partial charge is 0.335 e. The molecule has 0 bridgehead atoms. The van der Waals surface area contributed by atoms with E-state index in [9.17, 15) is 9.90 Å². The highest BCUT2D eigenvalue weighted by Gasteiger charge is 2.22. The molecule has 1 atom stereocenters. The number of carbonyl (C=O) groups is 1. The van der Waals surface area contributed by atoms with Crippen LogP contribution in [0.2, 0.25) is 0 Å². The fraction of sp³-hybridized carbons (Fsp3) is 0.889. The Morgan fingerprint density at radius 3 is 2.46 bits per heavy atom. The second-order valence-corrected chi connectivity index (χ2v) is 3.94. The number of carbonyl (C=O) groups excluding carboxylic acids is 1. The minimum absolute atomic E-state index is 0.380. The van der Waals surface area contributed by atoms with Gasteiger partial charge in [-0.05, 0) is 40.8 Å². The van der Waals surface area contributed by atoms with Gasteiger partial charge in [-0.3, -0.25) is 0 Å². The highest BCUT2D eigenvalue weighted by Crippen LogP contribution is 2.09. The number of ether oxygens (including phenoxy) is 1. The van der Waals surface area contributed by atoms with Gasteiger partial charge in [0.2, 0.25) is 0 Å². The van der Waals surface area contributed by atoms with E-state index in [0.717, 1.165) is 0 Å². The molecule has 0 aliphatic carbocycles. The van der Waals surface area contributed by atoms with Crippen LogP contribution in [0.3, 0.4) is 0 Å². The standard InChI is InChI=1S/C9H19NO3/c1-9(2,3)13-8(12)7(11)5-6-10-4/h7,10-11H,5-6H2,1-4H3. The molecule has 0 spiro atoms. The van der Waals surface area contributed by atoms with Gasteiger partial charge >= 0.3 is 5.97 Å². The van der Waals surface area contributed by atoms with E-state index in [-0.39, 0.29) is 0 Å². The summed E-state index contributed by atoms with van der Waals surface area (Å²) in [6.45, 7) is 5.92. The first-order valence-electron chi connectivity index (χ1n) is 4.42. The van der Waals surface area contributed by atoms with Gasteiger partial charge in [-0.15, -0.1) is 0 Å². The van der Waals surface area contributed by atoms with Gasteiger partial charge in [-0.1, -0.05) is 0 Å². The van der Waals surface area contributed by atoms with Crippen molar-refractivity contribution < 1.29 is 14.6 Å². The number of hydrogen-bond donors (Lipinski definition) is 2. The molecule has 0 aliphatic heterocycles. The molecule has 0 saturated heterocycles. The van der Waals surface area contributed by atoms with Crippen LogP contribution in [-0.4, -0.2) is 36.4 Å². The largest absolute Gasteiger partial charge is 0.458 e. The molecule has 1 unspecified atom stereocenters. The van der Waals surface area contributed by atoms with E-state index in [4.69, 9.17) is 4.74 Å². The van der Waals surface area contributed by atoms with Crippen molar-refractivity contribution in [3.05, 3.63) is 0 Å². The zero-order chi connectivity index (χ0) is 10.5. The first-order chi connectivity index (χ1) is 5.87. The van der Waals surface area contributed by atoms with Crippen molar-refractivity contribution in [1.29, 1.82) is 0 Å². The van der Waals surface area contributed by atoms with Gasteiger partial charge in [-0.2, -0.15) is 0 Å². The van der Waals surface area contributed by atoms with Gasteiger partial charge in [0.1, 0.15) is 5.60 Å². The zero-order valence-electron chi connectivity index (χ0n) is 8.76. The van der Waals surface area contributed by atoms with E-state index in [1.807, 2.05) is 0 Å². The molecule has 4 nitrogen and oxygen atoms in total. The number of esters is 1. The fourth-order valence-corrected chi connectivity index (χ4v) is 0.769. The molecular weight excluding hydrogens is 170 g/mol. The Kier molecular flexibility index (Phi) is 4.95. The summed E-state index contributed by atoms with van der Waals surface area (Å²) in [7, 11) is 1.77. The van der Waals surface area contributed by atoms with E-state index in [1.54, 1.807) is 27.8 Å². The minimum atomic E-state index is -1.02. The summed E-state index contributed by atoms with van der Waals surface area (Å²) in [5.74, 6) is -0.553. The second kappa shape index (κ2) is 5.19. The van der Waals surface area contributed by atoms with Crippen molar-refractivity contribution in [3.63, 3.8) is 0 Å². The molecule has 0 amide bonds. The van der Waals surface area contributed by atoms with E-state index >= 15 is 0 Å². The maximum atomic E-state index is 11.2. The van der Waals surface area contributed by atoms with Crippen molar-refractivity contribution in [2.75, 3.05) is 13.6 Å². The molecule has 0 heterocycles. The Morgan fingerprint density at radius 2 is 2.08 bits per heavy atom. The summed E-state index contributed by atoms with van der Waals surface area (Å²) in [4.78, 5) is 11.2. The van der Waals surface area contributed by atoms with Crippen molar-refractivity contribution in [3.8, 4) is 0 Å². The van der Waals surface area contributed by atoms with Gasteiger partial charge in [0.25, 0.3) is 0 Å². The van der Waals surface area contributed by atoms with E-state index < -0.39 is 17.7 Å². The van der Waals surface area contributed by atoms with Crippen molar-refractivity contribution in [2.24, 2.45) is 0 Å². The summed E-state index contributed by atoms with van der Waals surface area (Å²) in [6, 6.07) is 0. The number of aliphatic hydroxyl groups excluding tert-OH is 1. The maximum absolute atomic E-state index is 11.2. The predicted octanol–water partition coefficient (Wildman–Crippen LogP) is 0.298. The van der Waals surface area contributed by atoms with E-state index in [2.05, 4.69) is 5.32 Å². The average molecular weight is 189 g/mol. The third-order valence-corrected chi connectivity index (χ3v) is 1.35. The lowest BCUT2D eigenvalue weighted by Crippen LogP contribution is -2.33. The van der Waals surface area contributed by atoms with Gasteiger partial charge in [0.15, 0.2) is 6.10 Å². The van der Waals surface area contributed by atoms with Gasteiger partial charge in [0.05, 0.1) is 0 Å². The summed E-state index contributed by atoms with van der Waals surface area (Å²) in [6.07, 6.45) is -0.641. The third-order valence-electron chi connectivity index (χ3n) is 1.35. The monoisotopic (exact) mass is 189 g/mol. The molecular formula is C9H19NO3. The lowest BCUT2D eigenvalue weighted by molar-refractivity contribution is -0.165. The SMILES string of the molecule is CNCCC(O)C(=O)OC(C)(C)C. The van der Waals surface area contributed by atoms with Crippen molar-refractivity contribution in [1.82, 2.24) is 5.32 Å². The van der Waals surface area contributed by atoms with Gasteiger partial charge in [-0.25, -0.2) is 4.79 Å². The molecule has 0 saturated carbocycles. The molecule has 0 fully saturated rings. The second-order valence-electron chi connectivity index (χ2n) is 3.94. The molecule has 0 aliphatic rings. The highest BCUT2D eigenvalue weighted by atomic mass is 16.6. The lowest BCUT2D eigenvalue weighted by atomic mass is 10.2. The molecule has 4 heteroatoms. The van der Waals surface area contributed by atoms with E-state index in [0.29, 0.717) is 13.0 Å². The van der Waals surface area contributed by atoms with Crippen LogP contribution in [-0.2, 0) is 9.53 Å². The van der Waals surface area contributed by atoms with Crippen molar-refractivity contribution in [2.45, 2.75) is 38.9 Å². The van der Waals surface area contributed by atoms with Crippen molar-refractivity contribution >= 4 is 5.97 Å². The molecule has 0 radical (unpaired) electrons. The third kappa shape index (κ3) is 6.54. The van der Waals surface area contributed by atoms with Crippen LogP contribution in [0.4, 0.5) is 0 Å². The first-order valence-corrected chi connectivity index (χ1v) is 4.42. The molecule has 0 aromatic rings. The van der Waals surface area contributed by atoms with Crippen LogP contribution in [0.5, 0.6) is 0 Å². The Hall–Kier alpha value is -0.610. The normalized spacial score (nSPS) is 13.9. The Morgan fingerprint density at radius 1 is 1.54 bits per heavy atom. The highest BCUT2D eigenvalue weighted by molar-refractivity contribution is 5.74. The topological polar surface area (TPSA) is 58.6 Å². The zero-order valence-corrected chi connectivity index (χ0v) is 8.76. The summed E-state index contributed by atoms with van der Waals surface area (Å²) in [5.41, 5.74) is -0.530. The summed E-state index contributed by atoms with van der Waals surface area (Å²) < 4.78 is 4.98. The minimum Gasteiger partial charge on any atom is -0.458 e. The van der Waals surface area contributed by atoms with Crippen LogP contribution in [0.15, 0.2) is 0 Å². The maximum Gasteiger partial charge on any atom is 0.335 e. The van der Waals surface area contributed by atoms with Crippen LogP contribution >= 0.6 is 0 Å². The van der Waals surface area contributed by atoms with Crippen LogP contribution in [0.1, 0.15) is 27.2 Å². The number of rotatable bonds is 4. The molecule has 2 N–H and O–H groups in total. The molecule has 0 rings (SSSR count). The average Bonchev–Trinajstić information content (AvgIpc) is 1.96. The van der Waals surface area contributed by atoms with Gasteiger partial charge < -0.3 is 15.2 Å². The van der Waals surface area contributed by atoms with Gasteiger partial charge in [0, 0.05) is 0 Å². The molecule has 0 aromatic carbocycles. The van der Waals surface area contributed by atoms with Crippen LogP contribution < -0.4 is 5.32 Å². The van der Waals surface area contributed by atoms with Crippen LogP contribution in [0, 0.1) is 0 Å². The summed E-state index contributed by atoms with van der Waals surface area (Å²) >= 11 is 0. The number of aliphatic hydroxyl groups is 1.